The van der Waals surface area contributed by atoms with Gasteiger partial charge in [0.25, 0.3) is 0 Å². The summed E-state index contributed by atoms with van der Waals surface area (Å²) >= 11 is 5.99. The Hall–Kier alpha value is -1.61. The lowest BCUT2D eigenvalue weighted by Crippen LogP contribution is -2.35. The molecule has 0 saturated heterocycles. The van der Waals surface area contributed by atoms with Crippen molar-refractivity contribution in [2.24, 2.45) is 0 Å². The van der Waals surface area contributed by atoms with Crippen molar-refractivity contribution >= 4 is 37.1 Å². The molecule has 2 aromatic rings. The average Bonchev–Trinajstić information content (AvgIpc) is 2.59. The number of likely N-dealkylation sites (N-methyl/N-ethyl adjacent to an activating group) is 1. The zero-order valence-electron chi connectivity index (χ0n) is 15.4. The minimum Gasteiger partial charge on any atom is -0.370 e. The van der Waals surface area contributed by atoms with Crippen LogP contribution in [0.2, 0.25) is 5.02 Å². The Morgan fingerprint density at radius 1 is 1.07 bits per heavy atom. The summed E-state index contributed by atoms with van der Waals surface area (Å²) in [6.45, 7) is 5.33. The van der Waals surface area contributed by atoms with Gasteiger partial charge in [0.15, 0.2) is 9.84 Å². The lowest BCUT2D eigenvalue weighted by Gasteiger charge is -2.25. The minimum atomic E-state index is -3.94. The molecule has 0 unspecified atom stereocenters. The zero-order chi connectivity index (χ0) is 20.2. The molecule has 0 spiro atoms. The van der Waals surface area contributed by atoms with Gasteiger partial charge in [-0.15, -0.1) is 0 Å². The van der Waals surface area contributed by atoms with Gasteiger partial charge in [-0.2, -0.15) is 0 Å². The van der Waals surface area contributed by atoms with Crippen LogP contribution in [0.1, 0.15) is 12.5 Å². The van der Waals surface area contributed by atoms with E-state index in [1.54, 1.807) is 0 Å². The van der Waals surface area contributed by atoms with Crippen molar-refractivity contribution in [3.63, 3.8) is 0 Å². The maximum atomic E-state index is 12.6. The topological polar surface area (TPSA) is 83.6 Å². The SMILES string of the molecule is CCN(CCNS(=O)(=O)c1cc(S(C)(=O)=O)ccc1Cl)c1ccccc1C. The number of hydrogen-bond acceptors (Lipinski definition) is 5. The number of hydrogen-bond donors (Lipinski definition) is 1. The molecule has 1 N–H and O–H groups in total. The quantitative estimate of drug-likeness (QED) is 0.696. The number of halogens is 1. The van der Waals surface area contributed by atoms with E-state index in [2.05, 4.69) is 9.62 Å². The van der Waals surface area contributed by atoms with Gasteiger partial charge in [-0.1, -0.05) is 29.8 Å². The molecule has 2 rings (SSSR count). The molecule has 0 aliphatic rings. The first-order valence-electron chi connectivity index (χ1n) is 8.36. The molecule has 148 valence electrons. The lowest BCUT2D eigenvalue weighted by atomic mass is 10.2. The summed E-state index contributed by atoms with van der Waals surface area (Å²) in [5.74, 6) is 0. The van der Waals surface area contributed by atoms with Gasteiger partial charge in [0.2, 0.25) is 10.0 Å². The molecule has 0 atom stereocenters. The first kappa shape index (κ1) is 21.7. The van der Waals surface area contributed by atoms with E-state index in [4.69, 9.17) is 11.6 Å². The Morgan fingerprint density at radius 2 is 1.74 bits per heavy atom. The van der Waals surface area contributed by atoms with Crippen LogP contribution in [0.4, 0.5) is 5.69 Å². The van der Waals surface area contributed by atoms with E-state index in [0.29, 0.717) is 6.54 Å². The molecule has 0 heterocycles. The second-order valence-corrected chi connectivity index (χ2v) is 10.3. The van der Waals surface area contributed by atoms with Crippen LogP contribution in [0, 0.1) is 6.92 Å². The van der Waals surface area contributed by atoms with E-state index in [-0.39, 0.29) is 21.4 Å². The fourth-order valence-corrected chi connectivity index (χ4v) is 4.95. The summed E-state index contributed by atoms with van der Waals surface area (Å²) in [6.07, 6.45) is 1.02. The number of aryl methyl sites for hydroxylation is 1. The van der Waals surface area contributed by atoms with Crippen molar-refractivity contribution < 1.29 is 16.8 Å². The number of benzene rings is 2. The lowest BCUT2D eigenvalue weighted by molar-refractivity contribution is 0.580. The molecule has 2 aromatic carbocycles. The van der Waals surface area contributed by atoms with Crippen molar-refractivity contribution in [3.8, 4) is 0 Å². The monoisotopic (exact) mass is 430 g/mol. The Balaban J connectivity index is 2.17. The fourth-order valence-electron chi connectivity index (χ4n) is 2.68. The summed E-state index contributed by atoms with van der Waals surface area (Å²) in [6, 6.07) is 11.5. The highest BCUT2D eigenvalue weighted by Gasteiger charge is 2.21. The standard InChI is InChI=1S/C18H23ClN2O4S2/c1-4-21(17-8-6-5-7-14(17)2)12-11-20-27(24,25)18-13-15(26(3,22)23)9-10-16(18)19/h5-10,13,20H,4,11-12H2,1-3H3. The highest BCUT2D eigenvalue weighted by molar-refractivity contribution is 7.91. The number of sulfonamides is 1. The molecular formula is C18H23ClN2O4S2. The van der Waals surface area contributed by atoms with Crippen LogP contribution < -0.4 is 9.62 Å². The van der Waals surface area contributed by atoms with Gasteiger partial charge in [-0.05, 0) is 43.7 Å². The maximum Gasteiger partial charge on any atom is 0.242 e. The Morgan fingerprint density at radius 3 is 2.33 bits per heavy atom. The van der Waals surface area contributed by atoms with E-state index in [1.807, 2.05) is 38.1 Å². The van der Waals surface area contributed by atoms with Gasteiger partial charge >= 0.3 is 0 Å². The molecule has 27 heavy (non-hydrogen) atoms. The summed E-state index contributed by atoms with van der Waals surface area (Å²) in [5, 5.41) is -0.0267. The normalized spacial score (nSPS) is 12.1. The third-order valence-electron chi connectivity index (χ3n) is 4.13. The fraction of sp³-hybridized carbons (Fsp3) is 0.333. The van der Waals surface area contributed by atoms with Gasteiger partial charge in [0, 0.05) is 31.6 Å². The molecule has 0 amide bonds. The Bertz CT molecular complexity index is 1020. The van der Waals surface area contributed by atoms with E-state index in [1.165, 1.54) is 12.1 Å². The molecule has 0 aliphatic heterocycles. The minimum absolute atomic E-state index is 0.0267. The van der Waals surface area contributed by atoms with Crippen LogP contribution in [-0.4, -0.2) is 42.7 Å². The number of rotatable bonds is 8. The Kier molecular flexibility index (Phi) is 6.91. The van der Waals surface area contributed by atoms with Crippen LogP contribution in [-0.2, 0) is 19.9 Å². The van der Waals surface area contributed by atoms with E-state index >= 15 is 0 Å². The second-order valence-electron chi connectivity index (χ2n) is 6.13. The first-order chi connectivity index (χ1) is 12.6. The predicted molar refractivity (Wildman–Crippen MR) is 109 cm³/mol. The van der Waals surface area contributed by atoms with Crippen LogP contribution >= 0.6 is 11.6 Å². The van der Waals surface area contributed by atoms with Gasteiger partial charge in [-0.25, -0.2) is 21.6 Å². The average molecular weight is 431 g/mol. The van der Waals surface area contributed by atoms with E-state index in [9.17, 15) is 16.8 Å². The highest BCUT2D eigenvalue weighted by Crippen LogP contribution is 2.25. The smallest absolute Gasteiger partial charge is 0.242 e. The molecule has 9 heteroatoms. The van der Waals surface area contributed by atoms with Crippen LogP contribution in [0.3, 0.4) is 0 Å². The first-order valence-corrected chi connectivity index (χ1v) is 12.1. The van der Waals surface area contributed by atoms with E-state index < -0.39 is 19.9 Å². The molecule has 0 bridgehead atoms. The van der Waals surface area contributed by atoms with Crippen LogP contribution in [0.25, 0.3) is 0 Å². The molecule has 6 nitrogen and oxygen atoms in total. The van der Waals surface area contributed by atoms with Crippen molar-refractivity contribution in [2.75, 3.05) is 30.8 Å². The molecule has 0 radical (unpaired) electrons. The third-order valence-corrected chi connectivity index (χ3v) is 7.18. The van der Waals surface area contributed by atoms with E-state index in [0.717, 1.165) is 30.1 Å². The third kappa shape index (κ3) is 5.44. The second kappa shape index (κ2) is 8.60. The zero-order valence-corrected chi connectivity index (χ0v) is 17.8. The van der Waals surface area contributed by atoms with Crippen molar-refractivity contribution in [3.05, 3.63) is 53.1 Å². The number of sulfone groups is 1. The van der Waals surface area contributed by atoms with Crippen LogP contribution in [0.15, 0.2) is 52.3 Å². The number of para-hydroxylation sites is 1. The van der Waals surface area contributed by atoms with Gasteiger partial charge in [0.05, 0.1) is 9.92 Å². The summed E-state index contributed by atoms with van der Waals surface area (Å²) in [5.41, 5.74) is 2.14. The summed E-state index contributed by atoms with van der Waals surface area (Å²) in [4.78, 5) is 1.72. The Labute approximate surface area is 166 Å². The predicted octanol–water partition coefficient (Wildman–Crippen LogP) is 2.86. The summed E-state index contributed by atoms with van der Waals surface area (Å²) in [7, 11) is -7.48. The van der Waals surface area contributed by atoms with Crippen molar-refractivity contribution in [1.82, 2.24) is 4.72 Å². The molecule has 0 aliphatic carbocycles. The summed E-state index contributed by atoms with van der Waals surface area (Å²) < 4.78 is 51.1. The maximum absolute atomic E-state index is 12.6. The molecule has 0 fully saturated rings. The number of nitrogens with zero attached hydrogens (tertiary/aromatic N) is 1. The molecule has 0 aromatic heterocycles. The van der Waals surface area contributed by atoms with Gasteiger partial charge < -0.3 is 4.90 Å². The molecular weight excluding hydrogens is 408 g/mol. The van der Waals surface area contributed by atoms with Gasteiger partial charge in [-0.3, -0.25) is 0 Å². The van der Waals surface area contributed by atoms with Crippen LogP contribution in [0.5, 0.6) is 0 Å². The van der Waals surface area contributed by atoms with Crippen molar-refractivity contribution in [2.45, 2.75) is 23.6 Å². The number of nitrogens with one attached hydrogen (secondary N) is 1. The van der Waals surface area contributed by atoms with Crippen molar-refractivity contribution in [1.29, 1.82) is 0 Å². The molecule has 0 saturated carbocycles. The highest BCUT2D eigenvalue weighted by atomic mass is 35.5. The largest absolute Gasteiger partial charge is 0.370 e. The number of anilines is 1. The van der Waals surface area contributed by atoms with Gasteiger partial charge in [0.1, 0.15) is 4.90 Å².